The van der Waals surface area contributed by atoms with Crippen LogP contribution in [0, 0.1) is 0 Å². The van der Waals surface area contributed by atoms with Crippen LogP contribution in [-0.4, -0.2) is 37.3 Å². The molecule has 1 heterocycles. The molecule has 0 amide bonds. The smallest absolute Gasteiger partial charge is 0.250 e. The van der Waals surface area contributed by atoms with E-state index in [-0.39, 0.29) is 5.56 Å². The Bertz CT molecular complexity index is 753. The number of pyridine rings is 1. The second kappa shape index (κ2) is 11.8. The summed E-state index contributed by atoms with van der Waals surface area (Å²) >= 11 is 0. The molecule has 6 nitrogen and oxygen atoms in total. The van der Waals surface area contributed by atoms with Crippen LogP contribution in [-0.2, 0) is 13.0 Å². The molecule has 0 atom stereocenters. The fraction of sp³-hybridized carbons (Fsp3) is 0.429. The summed E-state index contributed by atoms with van der Waals surface area (Å²) in [6.45, 7) is 5.17. The van der Waals surface area contributed by atoms with Gasteiger partial charge in [-0.2, -0.15) is 0 Å². The van der Waals surface area contributed by atoms with Crippen LogP contribution in [0.3, 0.4) is 0 Å². The van der Waals surface area contributed by atoms with Crippen LogP contribution in [0.15, 0.2) is 58.4 Å². The van der Waals surface area contributed by atoms with Crippen LogP contribution in [0.25, 0.3) is 0 Å². The number of aliphatic imine (C=N–C) groups is 1. The van der Waals surface area contributed by atoms with Crippen molar-refractivity contribution in [2.45, 2.75) is 32.7 Å². The van der Waals surface area contributed by atoms with Gasteiger partial charge in [0, 0.05) is 38.4 Å². The van der Waals surface area contributed by atoms with E-state index < -0.39 is 0 Å². The summed E-state index contributed by atoms with van der Waals surface area (Å²) in [7, 11) is 1.67. The molecule has 0 saturated carbocycles. The molecule has 146 valence electrons. The molecule has 27 heavy (non-hydrogen) atoms. The van der Waals surface area contributed by atoms with Crippen LogP contribution < -0.4 is 20.9 Å². The lowest BCUT2D eigenvalue weighted by molar-refractivity contribution is 0.414. The largest absolute Gasteiger partial charge is 0.497 e. The number of rotatable bonds is 10. The first-order valence-corrected chi connectivity index (χ1v) is 9.53. The molecule has 1 aromatic heterocycles. The van der Waals surface area contributed by atoms with E-state index in [0.717, 1.165) is 57.2 Å². The zero-order valence-electron chi connectivity index (χ0n) is 16.3. The van der Waals surface area contributed by atoms with Gasteiger partial charge in [-0.05, 0) is 49.9 Å². The van der Waals surface area contributed by atoms with Crippen LogP contribution in [0.1, 0.15) is 25.3 Å². The Morgan fingerprint density at radius 1 is 1.11 bits per heavy atom. The Balaban J connectivity index is 1.71. The number of nitrogens with zero attached hydrogens (tertiary/aromatic N) is 2. The molecule has 0 aliphatic rings. The maximum absolute atomic E-state index is 11.7. The standard InChI is InChI=1S/C21H30N4O2/c1-3-22-21(24-15-13-18-9-11-19(27-2)12-10-18)23-14-5-7-17-25-16-6-4-8-20(25)26/h4,6,8-12,16H,3,5,7,13-15,17H2,1-2H3,(H2,22,23,24). The number of benzene rings is 1. The highest BCUT2D eigenvalue weighted by Crippen LogP contribution is 2.11. The fourth-order valence-electron chi connectivity index (χ4n) is 2.69. The molecule has 6 heteroatoms. The van der Waals surface area contributed by atoms with Gasteiger partial charge >= 0.3 is 0 Å². The van der Waals surface area contributed by atoms with Crippen molar-refractivity contribution in [1.29, 1.82) is 0 Å². The minimum absolute atomic E-state index is 0.0505. The molecule has 0 spiro atoms. The van der Waals surface area contributed by atoms with E-state index in [9.17, 15) is 4.79 Å². The summed E-state index contributed by atoms with van der Waals surface area (Å²) in [4.78, 5) is 16.3. The van der Waals surface area contributed by atoms with Crippen LogP contribution in [0.4, 0.5) is 0 Å². The van der Waals surface area contributed by atoms with E-state index in [1.165, 1.54) is 5.56 Å². The SMILES string of the molecule is CCNC(=NCCCCn1ccccc1=O)NCCc1ccc(OC)cc1. The second-order valence-corrected chi connectivity index (χ2v) is 6.22. The summed E-state index contributed by atoms with van der Waals surface area (Å²) < 4.78 is 6.92. The number of nitrogens with one attached hydrogen (secondary N) is 2. The minimum atomic E-state index is 0.0505. The van der Waals surface area contributed by atoms with Gasteiger partial charge in [0.25, 0.3) is 0 Å². The van der Waals surface area contributed by atoms with Crippen molar-refractivity contribution in [3.8, 4) is 5.75 Å². The van der Waals surface area contributed by atoms with Crippen molar-refractivity contribution < 1.29 is 4.74 Å². The molecular weight excluding hydrogens is 340 g/mol. The molecule has 0 aliphatic heterocycles. The molecular formula is C21H30N4O2. The molecule has 0 fully saturated rings. The number of aryl methyl sites for hydroxylation is 1. The van der Waals surface area contributed by atoms with Crippen LogP contribution >= 0.6 is 0 Å². The Morgan fingerprint density at radius 2 is 1.93 bits per heavy atom. The molecule has 0 bridgehead atoms. The van der Waals surface area contributed by atoms with E-state index >= 15 is 0 Å². The van der Waals surface area contributed by atoms with E-state index in [1.54, 1.807) is 23.8 Å². The predicted molar refractivity (Wildman–Crippen MR) is 111 cm³/mol. The van der Waals surface area contributed by atoms with Crippen LogP contribution in [0.2, 0.25) is 0 Å². The summed E-state index contributed by atoms with van der Waals surface area (Å²) in [5.41, 5.74) is 1.31. The van der Waals surface area contributed by atoms with Gasteiger partial charge in [0.1, 0.15) is 5.75 Å². The van der Waals surface area contributed by atoms with Gasteiger partial charge in [0.05, 0.1) is 7.11 Å². The lowest BCUT2D eigenvalue weighted by Crippen LogP contribution is -2.38. The van der Waals surface area contributed by atoms with Gasteiger partial charge in [-0.15, -0.1) is 0 Å². The first-order chi connectivity index (χ1) is 13.2. The number of guanidine groups is 1. The average Bonchev–Trinajstić information content (AvgIpc) is 2.69. The first-order valence-electron chi connectivity index (χ1n) is 9.53. The van der Waals surface area contributed by atoms with Crippen molar-refractivity contribution in [3.63, 3.8) is 0 Å². The summed E-state index contributed by atoms with van der Waals surface area (Å²) in [6.07, 6.45) is 4.62. The molecule has 2 rings (SSSR count). The number of aromatic nitrogens is 1. The maximum atomic E-state index is 11.7. The van der Waals surface area contributed by atoms with Crippen molar-refractivity contribution in [1.82, 2.24) is 15.2 Å². The average molecular weight is 370 g/mol. The normalized spacial score (nSPS) is 11.3. The predicted octanol–water partition coefficient (Wildman–Crippen LogP) is 2.43. The number of hydrogen-bond donors (Lipinski definition) is 2. The van der Waals surface area contributed by atoms with Crippen LogP contribution in [0.5, 0.6) is 5.75 Å². The van der Waals surface area contributed by atoms with E-state index in [4.69, 9.17) is 4.74 Å². The highest BCUT2D eigenvalue weighted by atomic mass is 16.5. The lowest BCUT2D eigenvalue weighted by atomic mass is 10.1. The van der Waals surface area contributed by atoms with E-state index in [1.807, 2.05) is 24.4 Å². The third-order valence-electron chi connectivity index (χ3n) is 4.19. The number of ether oxygens (including phenoxy) is 1. The van der Waals surface area contributed by atoms with E-state index in [0.29, 0.717) is 0 Å². The zero-order chi connectivity index (χ0) is 19.3. The topological polar surface area (TPSA) is 67.7 Å². The summed E-state index contributed by atoms with van der Waals surface area (Å²) in [6, 6.07) is 13.4. The van der Waals surface area contributed by atoms with Gasteiger partial charge in [-0.25, -0.2) is 0 Å². The van der Waals surface area contributed by atoms with Gasteiger partial charge in [0.2, 0.25) is 5.56 Å². The Hall–Kier alpha value is -2.76. The zero-order valence-corrected chi connectivity index (χ0v) is 16.3. The third-order valence-corrected chi connectivity index (χ3v) is 4.19. The quantitative estimate of drug-likeness (QED) is 0.383. The second-order valence-electron chi connectivity index (χ2n) is 6.22. The fourth-order valence-corrected chi connectivity index (χ4v) is 2.69. The van der Waals surface area contributed by atoms with Gasteiger partial charge < -0.3 is 19.9 Å². The Labute approximate surface area is 161 Å². The van der Waals surface area contributed by atoms with Gasteiger partial charge in [0.15, 0.2) is 5.96 Å². The monoisotopic (exact) mass is 370 g/mol. The molecule has 0 radical (unpaired) electrons. The molecule has 0 saturated heterocycles. The lowest BCUT2D eigenvalue weighted by Gasteiger charge is -2.11. The van der Waals surface area contributed by atoms with Crippen molar-refractivity contribution in [2.75, 3.05) is 26.7 Å². The number of hydrogen-bond acceptors (Lipinski definition) is 3. The minimum Gasteiger partial charge on any atom is -0.497 e. The molecule has 0 aliphatic carbocycles. The van der Waals surface area contributed by atoms with Crippen molar-refractivity contribution in [3.05, 3.63) is 64.6 Å². The molecule has 2 N–H and O–H groups in total. The molecule has 2 aromatic rings. The maximum Gasteiger partial charge on any atom is 0.250 e. The molecule has 0 unspecified atom stereocenters. The highest BCUT2D eigenvalue weighted by molar-refractivity contribution is 5.79. The van der Waals surface area contributed by atoms with Gasteiger partial charge in [-0.1, -0.05) is 18.2 Å². The highest BCUT2D eigenvalue weighted by Gasteiger charge is 1.99. The van der Waals surface area contributed by atoms with Gasteiger partial charge in [-0.3, -0.25) is 9.79 Å². The Kier molecular flexibility index (Phi) is 8.96. The van der Waals surface area contributed by atoms with E-state index in [2.05, 4.69) is 34.7 Å². The van der Waals surface area contributed by atoms with Crippen molar-refractivity contribution >= 4 is 5.96 Å². The summed E-state index contributed by atoms with van der Waals surface area (Å²) in [5.74, 6) is 1.71. The number of unbranched alkanes of at least 4 members (excludes halogenated alkanes) is 1. The summed E-state index contributed by atoms with van der Waals surface area (Å²) in [5, 5.41) is 6.64. The van der Waals surface area contributed by atoms with Crippen molar-refractivity contribution in [2.24, 2.45) is 4.99 Å². The number of methoxy groups -OCH3 is 1. The first kappa shape index (κ1) is 20.6. The third kappa shape index (κ3) is 7.56. The molecule has 1 aromatic carbocycles. The Morgan fingerprint density at radius 3 is 2.63 bits per heavy atom.